The van der Waals surface area contributed by atoms with Crippen LogP contribution in [0.25, 0.3) is 0 Å². The van der Waals surface area contributed by atoms with Crippen molar-refractivity contribution in [3.8, 4) is 0 Å². The first-order valence-electron chi connectivity index (χ1n) is 6.17. The van der Waals surface area contributed by atoms with Crippen molar-refractivity contribution in [1.29, 1.82) is 0 Å². The Labute approximate surface area is 115 Å². The van der Waals surface area contributed by atoms with Gasteiger partial charge in [0, 0.05) is 20.8 Å². The molecule has 0 aliphatic carbocycles. The van der Waals surface area contributed by atoms with Gasteiger partial charge in [-0.3, -0.25) is 14.4 Å². The van der Waals surface area contributed by atoms with Gasteiger partial charge in [-0.15, -0.1) is 0 Å². The van der Waals surface area contributed by atoms with Crippen LogP contribution in [0.3, 0.4) is 0 Å². The molecule has 0 aromatic rings. The number of hydrogen-bond donors (Lipinski definition) is 0. The second-order valence-corrected chi connectivity index (χ2v) is 4.60. The first kappa shape index (κ1) is 14.7. The molecule has 2 saturated heterocycles. The standard InChI is InChI=1S/C12H16O8/c1-5(13)17-9-8-4-16-12(20-8)11(19-7(3)15)10(9)18-6(2)14/h8-12H,4H2,1-3H3. The molecule has 5 atom stereocenters. The molecule has 2 bridgehead atoms. The third-order valence-electron chi connectivity index (χ3n) is 2.92. The summed E-state index contributed by atoms with van der Waals surface area (Å²) in [5.74, 6) is -1.71. The topological polar surface area (TPSA) is 97.4 Å². The minimum absolute atomic E-state index is 0.165. The van der Waals surface area contributed by atoms with Crippen LogP contribution in [0, 0.1) is 0 Å². The Morgan fingerprint density at radius 3 is 1.90 bits per heavy atom. The van der Waals surface area contributed by atoms with E-state index in [-0.39, 0.29) is 6.61 Å². The van der Waals surface area contributed by atoms with Gasteiger partial charge in [0.25, 0.3) is 0 Å². The summed E-state index contributed by atoms with van der Waals surface area (Å²) in [6.07, 6.45) is -4.19. The largest absolute Gasteiger partial charge is 0.456 e. The van der Waals surface area contributed by atoms with Gasteiger partial charge in [-0.25, -0.2) is 0 Å². The molecule has 8 nitrogen and oxygen atoms in total. The van der Waals surface area contributed by atoms with Crippen LogP contribution in [0.15, 0.2) is 0 Å². The van der Waals surface area contributed by atoms with Gasteiger partial charge >= 0.3 is 17.9 Å². The van der Waals surface area contributed by atoms with Gasteiger partial charge in [0.2, 0.25) is 0 Å². The van der Waals surface area contributed by atoms with Crippen molar-refractivity contribution in [2.24, 2.45) is 0 Å². The van der Waals surface area contributed by atoms with Crippen molar-refractivity contribution in [3.63, 3.8) is 0 Å². The van der Waals surface area contributed by atoms with E-state index in [9.17, 15) is 14.4 Å². The van der Waals surface area contributed by atoms with Crippen LogP contribution in [-0.4, -0.2) is 55.2 Å². The number of esters is 3. The molecule has 0 spiro atoms. The van der Waals surface area contributed by atoms with E-state index in [2.05, 4.69) is 0 Å². The maximum Gasteiger partial charge on any atom is 0.303 e. The molecule has 2 heterocycles. The zero-order valence-electron chi connectivity index (χ0n) is 11.4. The maximum absolute atomic E-state index is 11.2. The fourth-order valence-electron chi connectivity index (χ4n) is 2.31. The fourth-order valence-corrected chi connectivity index (χ4v) is 2.31. The summed E-state index contributed by atoms with van der Waals surface area (Å²) in [6, 6.07) is 0. The molecule has 2 rings (SSSR count). The normalized spacial score (nSPS) is 35.2. The summed E-state index contributed by atoms with van der Waals surface area (Å²) in [4.78, 5) is 33.6. The lowest BCUT2D eigenvalue weighted by Crippen LogP contribution is -2.58. The minimum atomic E-state index is -0.973. The molecule has 0 aromatic heterocycles. The van der Waals surface area contributed by atoms with Gasteiger partial charge < -0.3 is 23.7 Å². The van der Waals surface area contributed by atoms with Crippen LogP contribution in [0.4, 0.5) is 0 Å². The highest BCUT2D eigenvalue weighted by molar-refractivity contribution is 5.68. The van der Waals surface area contributed by atoms with Crippen LogP contribution >= 0.6 is 0 Å². The van der Waals surface area contributed by atoms with E-state index >= 15 is 0 Å². The van der Waals surface area contributed by atoms with Gasteiger partial charge in [0.05, 0.1) is 6.61 Å². The average molecular weight is 288 g/mol. The molecule has 2 aliphatic rings. The molecular weight excluding hydrogens is 272 g/mol. The van der Waals surface area contributed by atoms with Gasteiger partial charge in [0.15, 0.2) is 24.6 Å². The quantitative estimate of drug-likeness (QED) is 0.508. The predicted molar refractivity (Wildman–Crippen MR) is 61.3 cm³/mol. The van der Waals surface area contributed by atoms with Crippen molar-refractivity contribution >= 4 is 17.9 Å². The summed E-state index contributed by atoms with van der Waals surface area (Å²) in [5, 5.41) is 0. The molecule has 2 fully saturated rings. The molecule has 0 N–H and O–H groups in total. The highest BCUT2D eigenvalue weighted by atomic mass is 16.8. The van der Waals surface area contributed by atoms with Crippen molar-refractivity contribution in [2.75, 3.05) is 6.61 Å². The molecule has 8 heteroatoms. The minimum Gasteiger partial charge on any atom is -0.456 e. The highest BCUT2D eigenvalue weighted by Crippen LogP contribution is 2.33. The Balaban J connectivity index is 2.24. The highest BCUT2D eigenvalue weighted by Gasteiger charge is 2.55. The van der Waals surface area contributed by atoms with Crippen LogP contribution < -0.4 is 0 Å². The van der Waals surface area contributed by atoms with E-state index in [1.54, 1.807) is 0 Å². The Morgan fingerprint density at radius 1 is 0.850 bits per heavy atom. The number of fused-ring (bicyclic) bond motifs is 2. The van der Waals surface area contributed by atoms with Gasteiger partial charge in [0.1, 0.15) is 6.10 Å². The molecular formula is C12H16O8. The Hall–Kier alpha value is -1.67. The van der Waals surface area contributed by atoms with E-state index in [4.69, 9.17) is 23.7 Å². The summed E-state index contributed by atoms with van der Waals surface area (Å²) in [5.41, 5.74) is 0. The summed E-state index contributed by atoms with van der Waals surface area (Å²) < 4.78 is 26.2. The number of rotatable bonds is 3. The monoisotopic (exact) mass is 288 g/mol. The van der Waals surface area contributed by atoms with Crippen molar-refractivity contribution in [2.45, 2.75) is 51.5 Å². The van der Waals surface area contributed by atoms with Crippen LogP contribution in [0.1, 0.15) is 20.8 Å². The smallest absolute Gasteiger partial charge is 0.303 e. The molecule has 0 saturated carbocycles. The summed E-state index contributed by atoms with van der Waals surface area (Å²) in [7, 11) is 0. The van der Waals surface area contributed by atoms with E-state index in [1.165, 1.54) is 20.8 Å². The van der Waals surface area contributed by atoms with E-state index in [1.807, 2.05) is 0 Å². The first-order chi connectivity index (χ1) is 9.38. The Bertz CT molecular complexity index is 390. The molecule has 0 amide bonds. The van der Waals surface area contributed by atoms with Crippen LogP contribution in [0.2, 0.25) is 0 Å². The summed E-state index contributed by atoms with van der Waals surface area (Å²) >= 11 is 0. The van der Waals surface area contributed by atoms with Crippen LogP contribution in [0.5, 0.6) is 0 Å². The van der Waals surface area contributed by atoms with Gasteiger partial charge in [-0.2, -0.15) is 0 Å². The van der Waals surface area contributed by atoms with E-state index in [0.29, 0.717) is 0 Å². The zero-order valence-corrected chi connectivity index (χ0v) is 11.4. The third kappa shape index (κ3) is 3.07. The summed E-state index contributed by atoms with van der Waals surface area (Å²) in [6.45, 7) is 3.83. The Kier molecular flexibility index (Phi) is 4.24. The molecule has 0 radical (unpaired) electrons. The molecule has 2 aliphatic heterocycles. The number of ether oxygens (including phenoxy) is 5. The first-order valence-corrected chi connectivity index (χ1v) is 6.17. The second-order valence-electron chi connectivity index (χ2n) is 4.60. The molecule has 0 aromatic carbocycles. The Morgan fingerprint density at radius 2 is 1.35 bits per heavy atom. The van der Waals surface area contributed by atoms with E-state index in [0.717, 1.165) is 0 Å². The van der Waals surface area contributed by atoms with Crippen LogP contribution in [-0.2, 0) is 38.1 Å². The molecule has 112 valence electrons. The fraction of sp³-hybridized carbons (Fsp3) is 0.750. The maximum atomic E-state index is 11.2. The molecule has 5 unspecified atom stereocenters. The number of hydrogen-bond acceptors (Lipinski definition) is 8. The van der Waals surface area contributed by atoms with Gasteiger partial charge in [-0.1, -0.05) is 0 Å². The lowest BCUT2D eigenvalue weighted by Gasteiger charge is -2.38. The lowest BCUT2D eigenvalue weighted by molar-refractivity contribution is -0.250. The lowest BCUT2D eigenvalue weighted by atomic mass is 10.00. The van der Waals surface area contributed by atoms with Crippen molar-refractivity contribution in [3.05, 3.63) is 0 Å². The number of carbonyl (C=O) groups is 3. The molecule has 20 heavy (non-hydrogen) atoms. The van der Waals surface area contributed by atoms with Crippen molar-refractivity contribution < 1.29 is 38.1 Å². The predicted octanol–water partition coefficient (Wildman–Crippen LogP) is -0.463. The van der Waals surface area contributed by atoms with Crippen molar-refractivity contribution in [1.82, 2.24) is 0 Å². The van der Waals surface area contributed by atoms with Gasteiger partial charge in [-0.05, 0) is 0 Å². The second kappa shape index (κ2) is 5.76. The average Bonchev–Trinajstić information content (AvgIpc) is 2.74. The number of carbonyl (C=O) groups excluding carboxylic acids is 3. The third-order valence-corrected chi connectivity index (χ3v) is 2.92. The zero-order chi connectivity index (χ0) is 14.9. The SMILES string of the molecule is CC(=O)OC1C2COC(O2)C(OC(C)=O)C1OC(C)=O. The van der Waals surface area contributed by atoms with E-state index < -0.39 is 48.6 Å².